The molecule has 3 aromatic rings. The van der Waals surface area contributed by atoms with Crippen LogP contribution in [0.1, 0.15) is 43.0 Å². The Morgan fingerprint density at radius 3 is 2.88 bits per heavy atom. The monoisotopic (exact) mass is 467 g/mol. The molecule has 136 valence electrons. The van der Waals surface area contributed by atoms with E-state index in [1.54, 1.807) is 6.20 Å². The van der Waals surface area contributed by atoms with Crippen molar-refractivity contribution in [3.63, 3.8) is 0 Å². The van der Waals surface area contributed by atoms with E-state index in [4.69, 9.17) is 4.74 Å². The average Bonchev–Trinajstić information content (AvgIpc) is 3.01. The number of aryl methyl sites for hydroxylation is 1. The van der Waals surface area contributed by atoms with Crippen molar-refractivity contribution in [2.75, 3.05) is 6.61 Å². The Bertz CT molecular complexity index is 1010. The number of H-pyrrole nitrogens is 1. The lowest BCUT2D eigenvalue weighted by atomic mass is 10.2. The van der Waals surface area contributed by atoms with Crippen LogP contribution in [0.25, 0.3) is 16.9 Å². The molecule has 0 saturated heterocycles. The van der Waals surface area contributed by atoms with E-state index in [2.05, 4.69) is 49.6 Å². The van der Waals surface area contributed by atoms with Gasteiger partial charge in [-0.05, 0) is 35.1 Å². The molecule has 26 heavy (non-hydrogen) atoms. The van der Waals surface area contributed by atoms with Crippen molar-refractivity contribution in [2.45, 2.75) is 33.1 Å². The number of hydrogen-bond donors (Lipinski definition) is 1. The van der Waals surface area contributed by atoms with E-state index in [-0.39, 0.29) is 11.2 Å². The van der Waals surface area contributed by atoms with Gasteiger partial charge in [-0.1, -0.05) is 20.3 Å². The first-order valence-corrected chi connectivity index (χ1v) is 9.42. The molecule has 0 unspecified atom stereocenters. The minimum absolute atomic E-state index is 0.0855. The quantitative estimate of drug-likeness (QED) is 0.326. The molecule has 0 bridgehead atoms. The van der Waals surface area contributed by atoms with Crippen molar-refractivity contribution < 1.29 is 9.53 Å². The van der Waals surface area contributed by atoms with Gasteiger partial charge in [-0.2, -0.15) is 0 Å². The first-order chi connectivity index (χ1) is 12.6. The first kappa shape index (κ1) is 18.5. The lowest BCUT2D eigenvalue weighted by Gasteiger charge is -2.10. The van der Waals surface area contributed by atoms with Gasteiger partial charge in [0, 0.05) is 16.2 Å². The van der Waals surface area contributed by atoms with Crippen LogP contribution in [0.5, 0.6) is 5.88 Å². The molecule has 0 atom stereocenters. The van der Waals surface area contributed by atoms with Crippen molar-refractivity contribution in [1.82, 2.24) is 24.6 Å². The second kappa shape index (κ2) is 7.94. The average molecular weight is 467 g/mol. The van der Waals surface area contributed by atoms with Crippen molar-refractivity contribution in [2.24, 2.45) is 0 Å². The van der Waals surface area contributed by atoms with Crippen LogP contribution in [0.3, 0.4) is 0 Å². The fourth-order valence-corrected chi connectivity index (χ4v) is 3.00. The molecular weight excluding hydrogens is 449 g/mol. The van der Waals surface area contributed by atoms with Gasteiger partial charge in [0.25, 0.3) is 5.56 Å². The summed E-state index contributed by atoms with van der Waals surface area (Å²) in [7, 11) is 0. The number of carbonyl (C=O) groups excluding carboxylic acids is 1. The fourth-order valence-electron chi connectivity index (χ4n) is 2.55. The maximum atomic E-state index is 12.6. The summed E-state index contributed by atoms with van der Waals surface area (Å²) in [5.74, 6) is 1.28. The number of rotatable bonds is 7. The number of ether oxygens (including phenoxy) is 1. The third-order valence-electron chi connectivity index (χ3n) is 3.83. The Labute approximate surface area is 163 Å². The Kier molecular flexibility index (Phi) is 5.64. The second-order valence-corrected chi connectivity index (χ2v) is 6.90. The molecule has 8 nitrogen and oxygen atoms in total. The van der Waals surface area contributed by atoms with Crippen molar-refractivity contribution in [1.29, 1.82) is 0 Å². The topological polar surface area (TPSA) is 102 Å². The summed E-state index contributed by atoms with van der Waals surface area (Å²) in [4.78, 5) is 35.0. The molecule has 9 heteroatoms. The Morgan fingerprint density at radius 1 is 1.38 bits per heavy atom. The van der Waals surface area contributed by atoms with Gasteiger partial charge in [-0.15, -0.1) is 5.10 Å². The predicted octanol–water partition coefficient (Wildman–Crippen LogP) is 2.64. The van der Waals surface area contributed by atoms with Gasteiger partial charge in [0.15, 0.2) is 17.6 Å². The predicted molar refractivity (Wildman–Crippen MR) is 105 cm³/mol. The molecule has 0 amide bonds. The number of imidazole rings is 1. The molecule has 0 radical (unpaired) electrons. The van der Waals surface area contributed by atoms with Crippen LogP contribution < -0.4 is 10.3 Å². The first-order valence-electron chi connectivity index (χ1n) is 8.34. The number of aromatic amines is 1. The highest BCUT2D eigenvalue weighted by Crippen LogP contribution is 2.27. The molecule has 0 aliphatic heterocycles. The summed E-state index contributed by atoms with van der Waals surface area (Å²) < 4.78 is 8.08. The van der Waals surface area contributed by atoms with Crippen LogP contribution in [0.2, 0.25) is 0 Å². The third kappa shape index (κ3) is 3.48. The number of aromatic nitrogens is 5. The molecule has 3 aromatic heterocycles. The SMILES string of the molecule is CCCCOc1ncc(I)cc1-c1nn2c(CC)nc(C=O)c2c(=O)[nH]1. The zero-order chi connectivity index (χ0) is 18.7. The number of pyridine rings is 1. The van der Waals surface area contributed by atoms with Gasteiger partial charge in [0.1, 0.15) is 11.5 Å². The smallest absolute Gasteiger partial charge is 0.277 e. The van der Waals surface area contributed by atoms with E-state index in [9.17, 15) is 9.59 Å². The summed E-state index contributed by atoms with van der Waals surface area (Å²) >= 11 is 2.14. The number of halogens is 1. The largest absolute Gasteiger partial charge is 0.477 e. The summed E-state index contributed by atoms with van der Waals surface area (Å²) in [6.07, 6.45) is 4.71. The van der Waals surface area contributed by atoms with E-state index in [1.165, 1.54) is 4.52 Å². The number of carbonyl (C=O) groups is 1. The zero-order valence-corrected chi connectivity index (χ0v) is 16.6. The highest BCUT2D eigenvalue weighted by atomic mass is 127. The van der Waals surface area contributed by atoms with Gasteiger partial charge in [-0.3, -0.25) is 9.59 Å². The molecule has 3 heterocycles. The summed E-state index contributed by atoms with van der Waals surface area (Å²) in [6.45, 7) is 4.50. The standard InChI is InChI=1S/C17H18IN5O3/c1-3-5-6-26-17-11(7-10(18)8-19-17)15-21-16(25)14-12(9-24)20-13(4-2)23(14)22-15/h7-9H,3-6H2,1-2H3,(H,21,22,25). The molecule has 0 saturated carbocycles. The third-order valence-corrected chi connectivity index (χ3v) is 4.42. The zero-order valence-electron chi connectivity index (χ0n) is 14.5. The normalized spacial score (nSPS) is 11.0. The van der Waals surface area contributed by atoms with E-state index in [1.807, 2.05) is 13.0 Å². The van der Waals surface area contributed by atoms with E-state index in [0.29, 0.717) is 42.4 Å². The van der Waals surface area contributed by atoms with Crippen molar-refractivity contribution in [3.05, 3.63) is 37.7 Å². The molecule has 1 N–H and O–H groups in total. The lowest BCUT2D eigenvalue weighted by molar-refractivity contribution is 0.112. The molecule has 0 aliphatic carbocycles. The number of nitrogens with one attached hydrogen (secondary N) is 1. The summed E-state index contributed by atoms with van der Waals surface area (Å²) in [5.41, 5.74) is 0.396. The molecule has 0 spiro atoms. The maximum absolute atomic E-state index is 12.6. The maximum Gasteiger partial charge on any atom is 0.277 e. The second-order valence-electron chi connectivity index (χ2n) is 5.66. The van der Waals surface area contributed by atoms with Crippen LogP contribution in [0.4, 0.5) is 0 Å². The highest BCUT2D eigenvalue weighted by Gasteiger charge is 2.18. The number of fused-ring (bicyclic) bond motifs is 1. The Morgan fingerprint density at radius 2 is 2.19 bits per heavy atom. The van der Waals surface area contributed by atoms with Crippen molar-refractivity contribution >= 4 is 34.4 Å². The van der Waals surface area contributed by atoms with Gasteiger partial charge >= 0.3 is 0 Å². The number of unbranched alkanes of at least 4 members (excludes halogenated alkanes) is 1. The Balaban J connectivity index is 2.18. The minimum Gasteiger partial charge on any atom is -0.477 e. The molecule has 0 aliphatic rings. The lowest BCUT2D eigenvalue weighted by Crippen LogP contribution is -2.16. The Hall–Kier alpha value is -2.30. The molecule has 0 aromatic carbocycles. The van der Waals surface area contributed by atoms with E-state index >= 15 is 0 Å². The van der Waals surface area contributed by atoms with E-state index in [0.717, 1.165) is 16.4 Å². The molecular formula is C17H18IN5O3. The van der Waals surface area contributed by atoms with Gasteiger partial charge in [0.2, 0.25) is 5.88 Å². The van der Waals surface area contributed by atoms with Crippen LogP contribution >= 0.6 is 22.6 Å². The minimum atomic E-state index is -0.428. The number of aldehydes is 1. The molecule has 0 fully saturated rings. The summed E-state index contributed by atoms with van der Waals surface area (Å²) in [5, 5.41) is 4.49. The fraction of sp³-hybridized carbons (Fsp3) is 0.353. The highest BCUT2D eigenvalue weighted by molar-refractivity contribution is 14.1. The van der Waals surface area contributed by atoms with Gasteiger partial charge in [-0.25, -0.2) is 14.5 Å². The van der Waals surface area contributed by atoms with Crippen molar-refractivity contribution in [3.8, 4) is 17.3 Å². The van der Waals surface area contributed by atoms with Crippen LogP contribution in [-0.4, -0.2) is 37.5 Å². The van der Waals surface area contributed by atoms with Crippen LogP contribution in [-0.2, 0) is 6.42 Å². The van der Waals surface area contributed by atoms with Crippen LogP contribution in [0.15, 0.2) is 17.1 Å². The van der Waals surface area contributed by atoms with Gasteiger partial charge < -0.3 is 9.72 Å². The molecule has 3 rings (SSSR count). The number of hydrogen-bond acceptors (Lipinski definition) is 6. The van der Waals surface area contributed by atoms with E-state index < -0.39 is 5.56 Å². The summed E-state index contributed by atoms with van der Waals surface area (Å²) in [6, 6.07) is 1.85. The van der Waals surface area contributed by atoms with Crippen LogP contribution in [0, 0.1) is 3.57 Å². The van der Waals surface area contributed by atoms with Gasteiger partial charge in [0.05, 0.1) is 12.2 Å². The number of nitrogens with zero attached hydrogens (tertiary/aromatic N) is 4.